The van der Waals surface area contributed by atoms with Gasteiger partial charge in [-0.2, -0.15) is 0 Å². The molecule has 0 bridgehead atoms. The number of aliphatic imine (C=N–C) groups is 2. The van der Waals surface area contributed by atoms with Gasteiger partial charge in [0, 0.05) is 25.0 Å². The summed E-state index contributed by atoms with van der Waals surface area (Å²) in [5.74, 6) is 1.15. The highest BCUT2D eigenvalue weighted by atomic mass is 32.1. The van der Waals surface area contributed by atoms with Gasteiger partial charge in [0.15, 0.2) is 5.11 Å². The van der Waals surface area contributed by atoms with E-state index in [2.05, 4.69) is 64.9 Å². The molecule has 1 atom stereocenters. The van der Waals surface area contributed by atoms with Gasteiger partial charge in [-0.05, 0) is 73.5 Å². The minimum absolute atomic E-state index is 0.0643. The highest BCUT2D eigenvalue weighted by Crippen LogP contribution is 2.25. The fourth-order valence-electron chi connectivity index (χ4n) is 3.49. The van der Waals surface area contributed by atoms with Crippen molar-refractivity contribution < 1.29 is 4.79 Å². The van der Waals surface area contributed by atoms with Crippen LogP contribution in [0.1, 0.15) is 69.9 Å². The number of aryl methyl sites for hydroxylation is 1. The number of amides is 2. The number of urea groups is 1. The van der Waals surface area contributed by atoms with Crippen molar-refractivity contribution in [3.05, 3.63) is 41.0 Å². The molecule has 0 aliphatic heterocycles. The van der Waals surface area contributed by atoms with Gasteiger partial charge in [0.1, 0.15) is 5.84 Å². The van der Waals surface area contributed by atoms with E-state index < -0.39 is 0 Å². The number of thiocarbonyl (C=S) groups is 1. The number of hydrogen-bond acceptors (Lipinski definition) is 3. The maximum atomic E-state index is 12.4. The van der Waals surface area contributed by atoms with Crippen molar-refractivity contribution in [2.75, 3.05) is 12.4 Å². The molecular weight excluding hydrogens is 406 g/mol. The number of carbonyl (C=O) groups excluding carboxylic acids is 1. The summed E-state index contributed by atoms with van der Waals surface area (Å²) in [6.45, 7) is 8.43. The number of nitrogens with zero attached hydrogens (tertiary/aromatic N) is 2. The number of rotatable bonds is 6. The Kier molecular flexibility index (Phi) is 9.85. The first kappa shape index (κ1) is 24.7. The molecule has 1 unspecified atom stereocenters. The van der Waals surface area contributed by atoms with Crippen LogP contribution in [0.2, 0.25) is 0 Å². The fourth-order valence-corrected chi connectivity index (χ4v) is 3.70. The number of nitrogens with one attached hydrogen (secondary N) is 3. The first-order valence-corrected chi connectivity index (χ1v) is 11.4. The molecule has 6 nitrogen and oxygen atoms in total. The fraction of sp³-hybridized carbons (Fsp3) is 0.500. The van der Waals surface area contributed by atoms with E-state index in [0.717, 1.165) is 60.3 Å². The van der Waals surface area contributed by atoms with Crippen LogP contribution < -0.4 is 16.0 Å². The van der Waals surface area contributed by atoms with Gasteiger partial charge >= 0.3 is 6.03 Å². The summed E-state index contributed by atoms with van der Waals surface area (Å²) in [6, 6.07) is 6.00. The molecule has 0 radical (unpaired) electrons. The zero-order valence-corrected chi connectivity index (χ0v) is 20.1. The number of benzene rings is 1. The molecule has 7 heteroatoms. The Morgan fingerprint density at radius 2 is 2.13 bits per heavy atom. The maximum absolute atomic E-state index is 12.4. The summed E-state index contributed by atoms with van der Waals surface area (Å²) in [7, 11) is 1.77. The van der Waals surface area contributed by atoms with Crippen LogP contribution in [0, 0.1) is 6.92 Å². The second kappa shape index (κ2) is 12.3. The summed E-state index contributed by atoms with van der Waals surface area (Å²) in [5.41, 5.74) is 4.37. The molecule has 2 amide bonds. The summed E-state index contributed by atoms with van der Waals surface area (Å²) < 4.78 is 0. The topological polar surface area (TPSA) is 77.9 Å². The standard InChI is InChI=1S/C24H35N5OS/c1-6-7-14-26-22(25-5)18-9-11-19(12-10-18)27-23(30)29-24(31)28-21-15-17(4)8-13-20(21)16(2)3/h8-9,13-16,19H,6-7,10-12H2,1-5H3,(H3,27,28,29,30,31). The van der Waals surface area contributed by atoms with Gasteiger partial charge in [0.05, 0.1) is 0 Å². The lowest BCUT2D eigenvalue weighted by Crippen LogP contribution is -2.46. The lowest BCUT2D eigenvalue weighted by Gasteiger charge is -2.23. The first-order chi connectivity index (χ1) is 14.8. The molecule has 0 aromatic heterocycles. The smallest absolute Gasteiger partial charge is 0.321 e. The molecule has 1 aliphatic carbocycles. The summed E-state index contributed by atoms with van der Waals surface area (Å²) in [5, 5.41) is 9.22. The minimum atomic E-state index is -0.288. The van der Waals surface area contributed by atoms with Crippen LogP contribution in [-0.2, 0) is 0 Å². The first-order valence-electron chi connectivity index (χ1n) is 11.0. The van der Waals surface area contributed by atoms with Crippen LogP contribution in [0.5, 0.6) is 0 Å². The lowest BCUT2D eigenvalue weighted by atomic mass is 9.94. The second-order valence-corrected chi connectivity index (χ2v) is 8.55. The molecule has 2 rings (SSSR count). The van der Waals surface area contributed by atoms with Gasteiger partial charge < -0.3 is 10.6 Å². The molecule has 31 heavy (non-hydrogen) atoms. The van der Waals surface area contributed by atoms with Crippen molar-refractivity contribution in [2.45, 2.75) is 71.8 Å². The van der Waals surface area contributed by atoms with Crippen LogP contribution in [0.4, 0.5) is 10.5 Å². The van der Waals surface area contributed by atoms with E-state index in [1.165, 1.54) is 0 Å². The van der Waals surface area contributed by atoms with Gasteiger partial charge in [0.2, 0.25) is 0 Å². The zero-order valence-electron chi connectivity index (χ0n) is 19.3. The van der Waals surface area contributed by atoms with Crippen molar-refractivity contribution in [2.24, 2.45) is 9.98 Å². The third-order valence-electron chi connectivity index (χ3n) is 5.18. The van der Waals surface area contributed by atoms with E-state index in [0.29, 0.717) is 11.0 Å². The Balaban J connectivity index is 1.88. The number of carbonyl (C=O) groups is 1. The number of amidine groups is 1. The summed E-state index contributed by atoms with van der Waals surface area (Å²) in [4.78, 5) is 21.2. The Labute approximate surface area is 191 Å². The third-order valence-corrected chi connectivity index (χ3v) is 5.39. The Bertz CT molecular complexity index is 873. The van der Waals surface area contributed by atoms with Crippen LogP contribution >= 0.6 is 12.2 Å². The van der Waals surface area contributed by atoms with Crippen molar-refractivity contribution in [1.29, 1.82) is 0 Å². The van der Waals surface area contributed by atoms with E-state index in [-0.39, 0.29) is 12.1 Å². The van der Waals surface area contributed by atoms with Crippen molar-refractivity contribution in [3.63, 3.8) is 0 Å². The molecule has 0 fully saturated rings. The van der Waals surface area contributed by atoms with E-state index in [9.17, 15) is 4.79 Å². The van der Waals surface area contributed by atoms with E-state index in [1.54, 1.807) is 7.05 Å². The predicted molar refractivity (Wildman–Crippen MR) is 136 cm³/mol. The van der Waals surface area contributed by atoms with Crippen LogP contribution in [0.25, 0.3) is 0 Å². The molecule has 0 heterocycles. The van der Waals surface area contributed by atoms with Gasteiger partial charge in [-0.1, -0.05) is 45.4 Å². The van der Waals surface area contributed by atoms with Gasteiger partial charge in [-0.25, -0.2) is 9.79 Å². The molecule has 0 saturated carbocycles. The SMILES string of the molecule is CCCC=NC(=NC)C1=CCC(NC(=O)NC(=S)Nc2cc(C)ccc2C(C)C)CC1. The average Bonchev–Trinajstić information content (AvgIpc) is 2.71. The molecule has 1 aliphatic rings. The summed E-state index contributed by atoms with van der Waals surface area (Å²) in [6.07, 6.45) is 8.50. The minimum Gasteiger partial charge on any atom is -0.335 e. The third kappa shape index (κ3) is 7.90. The molecule has 0 saturated heterocycles. The van der Waals surface area contributed by atoms with Crippen molar-refractivity contribution in [3.8, 4) is 0 Å². The van der Waals surface area contributed by atoms with Crippen molar-refractivity contribution in [1.82, 2.24) is 10.6 Å². The molecule has 1 aromatic rings. The maximum Gasteiger partial charge on any atom is 0.321 e. The molecule has 168 valence electrons. The zero-order chi connectivity index (χ0) is 22.8. The number of unbranched alkanes of at least 4 members (excludes halogenated alkanes) is 1. The van der Waals surface area contributed by atoms with Crippen LogP contribution in [0.3, 0.4) is 0 Å². The quantitative estimate of drug-likeness (QED) is 0.310. The number of anilines is 1. The Hall–Kier alpha value is -2.54. The Morgan fingerprint density at radius 3 is 2.74 bits per heavy atom. The monoisotopic (exact) mass is 441 g/mol. The molecule has 0 spiro atoms. The molecular formula is C24H35N5OS. The highest BCUT2D eigenvalue weighted by Gasteiger charge is 2.19. The van der Waals surface area contributed by atoms with E-state index in [1.807, 2.05) is 19.2 Å². The summed E-state index contributed by atoms with van der Waals surface area (Å²) >= 11 is 5.36. The Morgan fingerprint density at radius 1 is 1.35 bits per heavy atom. The molecule has 3 N–H and O–H groups in total. The van der Waals surface area contributed by atoms with Gasteiger partial charge in [-0.3, -0.25) is 10.3 Å². The van der Waals surface area contributed by atoms with Crippen molar-refractivity contribution >= 4 is 41.1 Å². The van der Waals surface area contributed by atoms with Crippen LogP contribution in [-0.4, -0.2) is 36.3 Å². The van der Waals surface area contributed by atoms with Gasteiger partial charge in [0.25, 0.3) is 0 Å². The predicted octanol–water partition coefficient (Wildman–Crippen LogP) is 5.49. The highest BCUT2D eigenvalue weighted by molar-refractivity contribution is 7.80. The average molecular weight is 442 g/mol. The lowest BCUT2D eigenvalue weighted by molar-refractivity contribution is 0.240. The van der Waals surface area contributed by atoms with E-state index in [4.69, 9.17) is 12.2 Å². The van der Waals surface area contributed by atoms with Gasteiger partial charge in [-0.15, -0.1) is 0 Å². The van der Waals surface area contributed by atoms with Crippen LogP contribution in [0.15, 0.2) is 39.8 Å². The largest absolute Gasteiger partial charge is 0.335 e. The second-order valence-electron chi connectivity index (χ2n) is 8.15. The number of hydrogen-bond donors (Lipinski definition) is 3. The molecule has 1 aromatic carbocycles. The normalized spacial score (nSPS) is 16.9. The van der Waals surface area contributed by atoms with E-state index >= 15 is 0 Å².